The molecule has 0 aliphatic rings. The second kappa shape index (κ2) is 8.83. The van der Waals surface area contributed by atoms with Crippen LogP contribution in [0, 0.1) is 6.92 Å². The summed E-state index contributed by atoms with van der Waals surface area (Å²) in [4.78, 5) is 28.4. The lowest BCUT2D eigenvalue weighted by molar-refractivity contribution is 0.0729. The smallest absolute Gasteiger partial charge is 0.363 e. The third-order valence-corrected chi connectivity index (χ3v) is 5.41. The van der Waals surface area contributed by atoms with Gasteiger partial charge in [0.1, 0.15) is 5.75 Å². The Morgan fingerprint density at radius 3 is 2.46 bits per heavy atom. The van der Waals surface area contributed by atoms with Gasteiger partial charge in [0.2, 0.25) is 0 Å². The molecular formula is C18H13Cl2N3O3S2. The van der Waals surface area contributed by atoms with Gasteiger partial charge in [0.25, 0.3) is 0 Å². The molecule has 0 spiro atoms. The van der Waals surface area contributed by atoms with Crippen LogP contribution in [0.5, 0.6) is 5.75 Å². The molecule has 0 saturated carbocycles. The van der Waals surface area contributed by atoms with Gasteiger partial charge in [0.05, 0.1) is 20.7 Å². The third-order valence-electron chi connectivity index (χ3n) is 3.48. The Balaban J connectivity index is 1.64. The molecule has 0 aliphatic heterocycles. The number of aromatic nitrogens is 1. The van der Waals surface area contributed by atoms with Crippen LogP contribution in [0.3, 0.4) is 0 Å². The Kier molecular flexibility index (Phi) is 6.46. The average Bonchev–Trinajstić information content (AvgIpc) is 3.11. The Hall–Kier alpha value is -2.26. The van der Waals surface area contributed by atoms with E-state index in [2.05, 4.69) is 23.1 Å². The first-order valence-electron chi connectivity index (χ1n) is 7.83. The summed E-state index contributed by atoms with van der Waals surface area (Å²) in [5.41, 5.74) is 1.20. The predicted octanol–water partition coefficient (Wildman–Crippen LogP) is 5.86. The number of nitrogens with zero attached hydrogens (tertiary/aromatic N) is 2. The molecule has 144 valence electrons. The highest BCUT2D eigenvalue weighted by molar-refractivity contribution is 7.82. The first-order chi connectivity index (χ1) is 13.3. The van der Waals surface area contributed by atoms with E-state index in [1.165, 1.54) is 17.4 Å². The lowest BCUT2D eigenvalue weighted by Gasteiger charge is -2.17. The first kappa shape index (κ1) is 20.5. The van der Waals surface area contributed by atoms with Crippen molar-refractivity contribution in [2.75, 3.05) is 9.62 Å². The zero-order chi connectivity index (χ0) is 20.3. The summed E-state index contributed by atoms with van der Waals surface area (Å²) >= 11 is 17.4. The van der Waals surface area contributed by atoms with Crippen molar-refractivity contribution in [1.29, 1.82) is 0 Å². The molecule has 0 radical (unpaired) electrons. The van der Waals surface area contributed by atoms with Crippen molar-refractivity contribution in [3.8, 4) is 5.75 Å². The maximum Gasteiger partial charge on any atom is 0.363 e. The molecule has 1 heterocycles. The number of thiol groups is 1. The van der Waals surface area contributed by atoms with Gasteiger partial charge >= 0.3 is 12.0 Å². The number of ether oxygens (including phenoxy) is 1. The number of rotatable bonds is 4. The molecule has 10 heteroatoms. The highest BCUT2D eigenvalue weighted by Gasteiger charge is 2.15. The number of amides is 2. The Morgan fingerprint density at radius 1 is 1.14 bits per heavy atom. The van der Waals surface area contributed by atoms with E-state index in [1.54, 1.807) is 48.7 Å². The van der Waals surface area contributed by atoms with Crippen molar-refractivity contribution in [3.63, 3.8) is 0 Å². The van der Waals surface area contributed by atoms with E-state index in [9.17, 15) is 9.59 Å². The van der Waals surface area contributed by atoms with Crippen LogP contribution in [0.4, 0.5) is 16.2 Å². The minimum Gasteiger partial charge on any atom is -0.422 e. The normalized spacial score (nSPS) is 10.4. The minimum absolute atomic E-state index is 0.253. The molecule has 2 amide bonds. The van der Waals surface area contributed by atoms with Crippen molar-refractivity contribution in [2.24, 2.45) is 0 Å². The number of carbonyl (C=O) groups excluding carboxylic acids is 2. The molecule has 3 aromatic rings. The molecule has 0 aliphatic carbocycles. The summed E-state index contributed by atoms with van der Waals surface area (Å²) in [5, 5.41) is 5.78. The number of urea groups is 1. The molecule has 28 heavy (non-hydrogen) atoms. The fraction of sp³-hybridized carbons (Fsp3) is 0.0556. The van der Waals surface area contributed by atoms with Crippen molar-refractivity contribution < 1.29 is 14.3 Å². The molecular weight excluding hydrogens is 441 g/mol. The second-order valence-corrected chi connectivity index (χ2v) is 7.78. The van der Waals surface area contributed by atoms with Crippen LogP contribution in [0.25, 0.3) is 0 Å². The lowest BCUT2D eigenvalue weighted by atomic mass is 10.3. The lowest BCUT2D eigenvalue weighted by Crippen LogP contribution is -2.26. The number of nitrogens with one attached hydrogen (secondary N) is 1. The quantitative estimate of drug-likeness (QED) is 0.294. The van der Waals surface area contributed by atoms with Gasteiger partial charge in [-0.1, -0.05) is 36.0 Å². The summed E-state index contributed by atoms with van der Waals surface area (Å²) in [6, 6.07) is 10.5. The third kappa shape index (κ3) is 4.96. The predicted molar refractivity (Wildman–Crippen MR) is 115 cm³/mol. The van der Waals surface area contributed by atoms with Gasteiger partial charge in [-0.25, -0.2) is 18.9 Å². The fourth-order valence-corrected chi connectivity index (χ4v) is 3.20. The zero-order valence-electron chi connectivity index (χ0n) is 14.3. The highest BCUT2D eigenvalue weighted by Crippen LogP contribution is 2.26. The molecule has 0 bridgehead atoms. The summed E-state index contributed by atoms with van der Waals surface area (Å²) in [5.74, 6) is -0.219. The van der Waals surface area contributed by atoms with Gasteiger partial charge in [-0.05, 0) is 49.4 Å². The van der Waals surface area contributed by atoms with Crippen molar-refractivity contribution >= 4 is 70.7 Å². The highest BCUT2D eigenvalue weighted by atomic mass is 35.5. The zero-order valence-corrected chi connectivity index (χ0v) is 17.6. The largest absolute Gasteiger partial charge is 0.422 e. The molecule has 0 atom stereocenters. The Bertz CT molecular complexity index is 1030. The molecule has 0 saturated heterocycles. The van der Waals surface area contributed by atoms with Crippen LogP contribution in [0.15, 0.2) is 47.8 Å². The number of aryl methyl sites for hydroxylation is 1. The molecule has 6 nitrogen and oxygen atoms in total. The van der Waals surface area contributed by atoms with Gasteiger partial charge in [-0.2, -0.15) is 0 Å². The standard InChI is InChI=1S/C18H13Cl2N3O3S2/c1-10-21-16(9-28-10)17(24)26-13-5-3-12(4-6-13)23(27)18(25)22-11-2-7-14(19)15(20)8-11/h2-9,27H,1H3,(H,22,25). The van der Waals surface area contributed by atoms with Gasteiger partial charge in [0.15, 0.2) is 5.69 Å². The van der Waals surface area contributed by atoms with E-state index in [4.69, 9.17) is 27.9 Å². The summed E-state index contributed by atoms with van der Waals surface area (Å²) in [6.07, 6.45) is 0. The van der Waals surface area contributed by atoms with Gasteiger partial charge in [-0.15, -0.1) is 11.3 Å². The van der Waals surface area contributed by atoms with Crippen molar-refractivity contribution in [2.45, 2.75) is 6.92 Å². The van der Waals surface area contributed by atoms with Crippen LogP contribution in [0.2, 0.25) is 10.0 Å². The van der Waals surface area contributed by atoms with Gasteiger partial charge < -0.3 is 10.1 Å². The molecule has 2 aromatic carbocycles. The number of hydrogen-bond donors (Lipinski definition) is 2. The molecule has 3 rings (SSSR count). The van der Waals surface area contributed by atoms with Crippen LogP contribution in [-0.2, 0) is 0 Å². The summed E-state index contributed by atoms with van der Waals surface area (Å²) < 4.78 is 6.37. The SMILES string of the molecule is Cc1nc(C(=O)Oc2ccc(N(S)C(=O)Nc3ccc(Cl)c(Cl)c3)cc2)cs1. The van der Waals surface area contributed by atoms with Crippen LogP contribution >= 0.6 is 47.4 Å². The molecule has 1 aromatic heterocycles. The minimum atomic E-state index is -0.544. The van der Waals surface area contributed by atoms with Crippen LogP contribution < -0.4 is 14.4 Å². The van der Waals surface area contributed by atoms with Crippen molar-refractivity contribution in [1.82, 2.24) is 4.98 Å². The fourth-order valence-electron chi connectivity index (χ4n) is 2.14. The van der Waals surface area contributed by atoms with E-state index >= 15 is 0 Å². The number of thiazole rings is 1. The summed E-state index contributed by atoms with van der Waals surface area (Å²) in [7, 11) is 0. The number of esters is 1. The molecule has 0 fully saturated rings. The molecule has 1 N–H and O–H groups in total. The number of carbonyl (C=O) groups is 2. The maximum absolute atomic E-state index is 12.3. The van der Waals surface area contributed by atoms with E-state index < -0.39 is 12.0 Å². The van der Waals surface area contributed by atoms with Gasteiger partial charge in [-0.3, -0.25) is 0 Å². The first-order valence-corrected chi connectivity index (χ1v) is 9.86. The second-order valence-electron chi connectivity index (χ2n) is 5.51. The molecule has 0 unspecified atom stereocenters. The Labute approximate surface area is 180 Å². The number of benzene rings is 2. The maximum atomic E-state index is 12.3. The topological polar surface area (TPSA) is 71.5 Å². The van der Waals surface area contributed by atoms with Crippen LogP contribution in [0.1, 0.15) is 15.5 Å². The van der Waals surface area contributed by atoms with Crippen LogP contribution in [-0.4, -0.2) is 17.0 Å². The van der Waals surface area contributed by atoms with E-state index in [-0.39, 0.29) is 5.69 Å². The number of halogens is 2. The number of anilines is 2. The van der Waals surface area contributed by atoms with Crippen molar-refractivity contribution in [3.05, 3.63) is 68.6 Å². The van der Waals surface area contributed by atoms with E-state index in [1.807, 2.05) is 0 Å². The number of hydrogen-bond acceptors (Lipinski definition) is 6. The van der Waals surface area contributed by atoms with E-state index in [0.29, 0.717) is 27.2 Å². The van der Waals surface area contributed by atoms with E-state index in [0.717, 1.165) is 9.31 Å². The summed E-state index contributed by atoms with van der Waals surface area (Å²) in [6.45, 7) is 1.81. The van der Waals surface area contributed by atoms with Gasteiger partial charge in [0, 0.05) is 11.1 Å². The Morgan fingerprint density at radius 2 is 1.86 bits per heavy atom. The average molecular weight is 454 g/mol. The monoisotopic (exact) mass is 453 g/mol.